The zero-order valence-electron chi connectivity index (χ0n) is 11.7. The molecule has 2 aromatic carbocycles. The zero-order chi connectivity index (χ0) is 14.7. The molecule has 3 aromatic rings. The molecular formula is C18H15NO2. The summed E-state index contributed by atoms with van der Waals surface area (Å²) < 4.78 is 5.36. The van der Waals surface area contributed by atoms with Crippen molar-refractivity contribution in [3.63, 3.8) is 0 Å². The average Bonchev–Trinajstić information content (AvgIpc) is 3.02. The highest BCUT2D eigenvalue weighted by Gasteiger charge is 2.07. The third kappa shape index (κ3) is 3.03. The van der Waals surface area contributed by atoms with Crippen LogP contribution in [-0.4, -0.2) is 5.91 Å². The third-order valence-electron chi connectivity index (χ3n) is 3.24. The summed E-state index contributed by atoms with van der Waals surface area (Å²) in [6.45, 7) is 1.99. The van der Waals surface area contributed by atoms with E-state index in [2.05, 4.69) is 5.32 Å². The Morgan fingerprint density at radius 2 is 1.81 bits per heavy atom. The van der Waals surface area contributed by atoms with Crippen LogP contribution in [0.5, 0.6) is 0 Å². The van der Waals surface area contributed by atoms with Crippen molar-refractivity contribution in [2.24, 2.45) is 0 Å². The Balaban J connectivity index is 1.80. The molecular weight excluding hydrogens is 262 g/mol. The fraction of sp³-hybridized carbons (Fsp3) is 0.0556. The summed E-state index contributed by atoms with van der Waals surface area (Å²) in [6.07, 6.45) is 1.63. The van der Waals surface area contributed by atoms with Crippen LogP contribution in [0.25, 0.3) is 11.3 Å². The second-order valence-electron chi connectivity index (χ2n) is 4.88. The molecule has 1 N–H and O–H groups in total. The average molecular weight is 277 g/mol. The molecule has 3 heteroatoms. The normalized spacial score (nSPS) is 10.3. The van der Waals surface area contributed by atoms with Crippen molar-refractivity contribution in [3.05, 3.63) is 78.1 Å². The molecule has 1 aromatic heterocycles. The maximum Gasteiger partial charge on any atom is 0.255 e. The van der Waals surface area contributed by atoms with Crippen LogP contribution >= 0.6 is 0 Å². The van der Waals surface area contributed by atoms with E-state index in [0.717, 1.165) is 22.6 Å². The number of carbonyl (C=O) groups excluding carboxylic acids is 1. The maximum absolute atomic E-state index is 12.2. The number of nitrogens with one attached hydrogen (secondary N) is 1. The predicted molar refractivity (Wildman–Crippen MR) is 83.3 cm³/mol. The highest BCUT2D eigenvalue weighted by molar-refractivity contribution is 6.04. The number of aryl methyl sites for hydroxylation is 1. The van der Waals surface area contributed by atoms with E-state index in [1.807, 2.05) is 67.6 Å². The largest absolute Gasteiger partial charge is 0.464 e. The zero-order valence-corrected chi connectivity index (χ0v) is 11.7. The summed E-state index contributed by atoms with van der Waals surface area (Å²) >= 11 is 0. The summed E-state index contributed by atoms with van der Waals surface area (Å²) in [6, 6.07) is 18.8. The molecule has 0 aliphatic carbocycles. The molecule has 0 fully saturated rings. The Morgan fingerprint density at radius 3 is 2.52 bits per heavy atom. The highest BCUT2D eigenvalue weighted by Crippen LogP contribution is 2.23. The Kier molecular flexibility index (Phi) is 3.56. The minimum absolute atomic E-state index is 0.119. The number of furan rings is 1. The van der Waals surface area contributed by atoms with Gasteiger partial charge in [0.15, 0.2) is 0 Å². The van der Waals surface area contributed by atoms with Gasteiger partial charge < -0.3 is 9.73 Å². The standard InChI is InChI=1S/C18H15NO2/c1-13-7-9-14(10-8-13)18(20)19-16-5-2-4-15(12-16)17-6-3-11-21-17/h2-12H,1H3,(H,19,20). The summed E-state index contributed by atoms with van der Waals surface area (Å²) in [5, 5.41) is 2.90. The van der Waals surface area contributed by atoms with Gasteiger partial charge in [-0.05, 0) is 43.3 Å². The first kappa shape index (κ1) is 13.2. The van der Waals surface area contributed by atoms with Crippen LogP contribution in [0.3, 0.4) is 0 Å². The van der Waals surface area contributed by atoms with Crippen molar-refractivity contribution in [2.45, 2.75) is 6.92 Å². The monoisotopic (exact) mass is 277 g/mol. The van der Waals surface area contributed by atoms with E-state index < -0.39 is 0 Å². The molecule has 0 aliphatic rings. The Morgan fingerprint density at radius 1 is 1.00 bits per heavy atom. The van der Waals surface area contributed by atoms with Gasteiger partial charge in [-0.25, -0.2) is 0 Å². The molecule has 0 radical (unpaired) electrons. The van der Waals surface area contributed by atoms with Crippen LogP contribution in [0.2, 0.25) is 0 Å². The first-order valence-corrected chi connectivity index (χ1v) is 6.74. The third-order valence-corrected chi connectivity index (χ3v) is 3.24. The molecule has 1 heterocycles. The lowest BCUT2D eigenvalue weighted by atomic mass is 10.1. The summed E-state index contributed by atoms with van der Waals surface area (Å²) in [4.78, 5) is 12.2. The van der Waals surface area contributed by atoms with Crippen LogP contribution in [0.4, 0.5) is 5.69 Å². The van der Waals surface area contributed by atoms with Crippen LogP contribution in [0.15, 0.2) is 71.3 Å². The van der Waals surface area contributed by atoms with Gasteiger partial charge >= 0.3 is 0 Å². The minimum atomic E-state index is -0.119. The van der Waals surface area contributed by atoms with E-state index in [-0.39, 0.29) is 5.91 Å². The van der Waals surface area contributed by atoms with Crippen LogP contribution in [0.1, 0.15) is 15.9 Å². The van der Waals surface area contributed by atoms with Crippen molar-refractivity contribution in [2.75, 3.05) is 5.32 Å². The van der Waals surface area contributed by atoms with Gasteiger partial charge in [0.1, 0.15) is 5.76 Å². The molecule has 0 saturated carbocycles. The molecule has 0 unspecified atom stereocenters. The van der Waals surface area contributed by atoms with E-state index in [0.29, 0.717) is 5.56 Å². The van der Waals surface area contributed by atoms with Crippen molar-refractivity contribution in [3.8, 4) is 11.3 Å². The molecule has 0 spiro atoms. The molecule has 0 atom stereocenters. The Hall–Kier alpha value is -2.81. The van der Waals surface area contributed by atoms with Gasteiger partial charge in [0, 0.05) is 16.8 Å². The molecule has 21 heavy (non-hydrogen) atoms. The molecule has 0 aliphatic heterocycles. The minimum Gasteiger partial charge on any atom is -0.464 e. The molecule has 3 nitrogen and oxygen atoms in total. The second-order valence-corrected chi connectivity index (χ2v) is 4.88. The number of anilines is 1. The van der Waals surface area contributed by atoms with Crippen molar-refractivity contribution in [1.82, 2.24) is 0 Å². The SMILES string of the molecule is Cc1ccc(C(=O)Nc2cccc(-c3ccco3)c2)cc1. The first-order valence-electron chi connectivity index (χ1n) is 6.74. The predicted octanol–water partition coefficient (Wildman–Crippen LogP) is 4.51. The Bertz CT molecular complexity index is 743. The van der Waals surface area contributed by atoms with Gasteiger partial charge in [-0.1, -0.05) is 29.8 Å². The highest BCUT2D eigenvalue weighted by atomic mass is 16.3. The van der Waals surface area contributed by atoms with Gasteiger partial charge in [-0.2, -0.15) is 0 Å². The number of amides is 1. The van der Waals surface area contributed by atoms with Crippen LogP contribution in [-0.2, 0) is 0 Å². The van der Waals surface area contributed by atoms with Gasteiger partial charge in [-0.15, -0.1) is 0 Å². The fourth-order valence-corrected chi connectivity index (χ4v) is 2.10. The van der Waals surface area contributed by atoms with Crippen molar-refractivity contribution in [1.29, 1.82) is 0 Å². The van der Waals surface area contributed by atoms with Crippen molar-refractivity contribution >= 4 is 11.6 Å². The van der Waals surface area contributed by atoms with Gasteiger partial charge in [0.2, 0.25) is 0 Å². The van der Waals surface area contributed by atoms with E-state index in [9.17, 15) is 4.79 Å². The van der Waals surface area contributed by atoms with Crippen LogP contribution < -0.4 is 5.32 Å². The molecule has 0 bridgehead atoms. The smallest absolute Gasteiger partial charge is 0.255 e. The lowest BCUT2D eigenvalue weighted by molar-refractivity contribution is 0.102. The summed E-state index contributed by atoms with van der Waals surface area (Å²) in [5.41, 5.74) is 3.45. The quantitative estimate of drug-likeness (QED) is 0.765. The lowest BCUT2D eigenvalue weighted by Gasteiger charge is -2.07. The number of hydrogen-bond acceptors (Lipinski definition) is 2. The first-order chi connectivity index (χ1) is 10.2. The lowest BCUT2D eigenvalue weighted by Crippen LogP contribution is -2.11. The second kappa shape index (κ2) is 5.67. The number of benzene rings is 2. The topological polar surface area (TPSA) is 42.2 Å². The van der Waals surface area contributed by atoms with Gasteiger partial charge in [-0.3, -0.25) is 4.79 Å². The van der Waals surface area contributed by atoms with E-state index in [4.69, 9.17) is 4.42 Å². The molecule has 3 rings (SSSR count). The van der Waals surface area contributed by atoms with E-state index in [1.54, 1.807) is 6.26 Å². The molecule has 104 valence electrons. The van der Waals surface area contributed by atoms with Gasteiger partial charge in [0.25, 0.3) is 5.91 Å². The van der Waals surface area contributed by atoms with E-state index >= 15 is 0 Å². The fourth-order valence-electron chi connectivity index (χ4n) is 2.10. The number of carbonyl (C=O) groups is 1. The Labute approximate surface area is 123 Å². The summed E-state index contributed by atoms with van der Waals surface area (Å²) in [7, 11) is 0. The molecule has 1 amide bonds. The van der Waals surface area contributed by atoms with Gasteiger partial charge in [0.05, 0.1) is 6.26 Å². The number of rotatable bonds is 3. The maximum atomic E-state index is 12.2. The van der Waals surface area contributed by atoms with E-state index in [1.165, 1.54) is 0 Å². The molecule has 0 saturated heterocycles. The summed E-state index contributed by atoms with van der Waals surface area (Å²) in [5.74, 6) is 0.660. The van der Waals surface area contributed by atoms with Crippen LogP contribution in [0, 0.1) is 6.92 Å². The number of hydrogen-bond donors (Lipinski definition) is 1. The van der Waals surface area contributed by atoms with Crippen molar-refractivity contribution < 1.29 is 9.21 Å².